The normalized spacial score (nSPS) is 18.9. The molecule has 108 valence electrons. The molecule has 20 heavy (non-hydrogen) atoms. The van der Waals surface area contributed by atoms with E-state index in [1.54, 1.807) is 0 Å². The lowest BCUT2D eigenvalue weighted by Crippen LogP contribution is -2.31. The first-order valence-corrected chi connectivity index (χ1v) is 7.10. The summed E-state index contributed by atoms with van der Waals surface area (Å²) in [5.41, 5.74) is 11.7. The molecule has 0 aromatic heterocycles. The van der Waals surface area contributed by atoms with E-state index in [0.29, 0.717) is 0 Å². The van der Waals surface area contributed by atoms with Crippen molar-refractivity contribution in [2.24, 2.45) is 10.7 Å². The summed E-state index contributed by atoms with van der Waals surface area (Å²) in [5, 5.41) is 3.28. The van der Waals surface area contributed by atoms with Crippen LogP contribution < -0.4 is 11.1 Å². The van der Waals surface area contributed by atoms with E-state index in [0.717, 1.165) is 18.9 Å². The minimum atomic E-state index is -0.121. The molecule has 0 fully saturated rings. The molecule has 0 saturated heterocycles. The highest BCUT2D eigenvalue weighted by molar-refractivity contribution is 5.90. The molecule has 1 atom stereocenters. The molecule has 1 aliphatic heterocycles. The van der Waals surface area contributed by atoms with Gasteiger partial charge in [0.25, 0.3) is 0 Å². The van der Waals surface area contributed by atoms with E-state index in [9.17, 15) is 0 Å². The van der Waals surface area contributed by atoms with Crippen LogP contribution in [-0.2, 0) is 0 Å². The van der Waals surface area contributed by atoms with Crippen molar-refractivity contribution in [1.29, 1.82) is 0 Å². The highest BCUT2D eigenvalue weighted by atomic mass is 35.5. The van der Waals surface area contributed by atoms with E-state index < -0.39 is 0 Å². The molecular formula is C16H22ClN3. The molecule has 3 nitrogen and oxygen atoms in total. The Morgan fingerprint density at radius 3 is 2.85 bits per heavy atom. The number of nitrogens with one attached hydrogen (secondary N) is 1. The van der Waals surface area contributed by atoms with Gasteiger partial charge in [0.2, 0.25) is 0 Å². The summed E-state index contributed by atoms with van der Waals surface area (Å²) in [6, 6.07) is 6.34. The van der Waals surface area contributed by atoms with Crippen molar-refractivity contribution < 1.29 is 0 Å². The third kappa shape index (κ3) is 2.74. The number of nitrogens with two attached hydrogens (primary N) is 1. The first-order chi connectivity index (χ1) is 9.27. The van der Waals surface area contributed by atoms with E-state index >= 15 is 0 Å². The number of hydrogen-bond acceptors (Lipinski definition) is 3. The van der Waals surface area contributed by atoms with Crippen LogP contribution in [0.25, 0.3) is 5.57 Å². The number of allylic oxidation sites excluding steroid dienone is 2. The average molecular weight is 292 g/mol. The molecule has 3 rings (SSSR count). The van der Waals surface area contributed by atoms with Gasteiger partial charge in [-0.25, -0.2) is 0 Å². The van der Waals surface area contributed by atoms with Gasteiger partial charge in [-0.3, -0.25) is 4.99 Å². The average Bonchev–Trinajstić information content (AvgIpc) is 3.11. The minimum Gasteiger partial charge on any atom is -0.370 e. The zero-order chi connectivity index (χ0) is 13.2. The summed E-state index contributed by atoms with van der Waals surface area (Å²) in [7, 11) is 0. The topological polar surface area (TPSA) is 50.4 Å². The highest BCUT2D eigenvalue weighted by Gasteiger charge is 2.20. The zero-order valence-electron chi connectivity index (χ0n) is 11.9. The predicted molar refractivity (Wildman–Crippen MR) is 87.5 cm³/mol. The predicted octanol–water partition coefficient (Wildman–Crippen LogP) is 2.99. The van der Waals surface area contributed by atoms with Crippen molar-refractivity contribution in [3.05, 3.63) is 41.0 Å². The molecular weight excluding hydrogens is 270 g/mol. The molecule has 3 N–H and O–H groups in total. The van der Waals surface area contributed by atoms with Gasteiger partial charge >= 0.3 is 0 Å². The molecule has 1 aromatic rings. The maximum Gasteiger partial charge on any atom is 0.118 e. The van der Waals surface area contributed by atoms with E-state index in [2.05, 4.69) is 41.5 Å². The maximum absolute atomic E-state index is 6.36. The van der Waals surface area contributed by atoms with Gasteiger partial charge in [0, 0.05) is 6.54 Å². The number of benzene rings is 1. The van der Waals surface area contributed by atoms with E-state index in [4.69, 9.17) is 5.73 Å². The van der Waals surface area contributed by atoms with Crippen LogP contribution in [0.1, 0.15) is 42.0 Å². The van der Waals surface area contributed by atoms with Crippen LogP contribution in [0, 0.1) is 6.92 Å². The summed E-state index contributed by atoms with van der Waals surface area (Å²) in [6.45, 7) is 3.93. The standard InChI is InChI=1S/C16H21N3.ClH/c1-11-13(12-5-2-3-6-12)7-4-8-14(11)15(17)16-18-9-10-19-16;/h4-5,7-8,15H,2-3,6,9-10,17H2,1H3,(H,18,19);1H. The number of rotatable bonds is 3. The molecule has 1 heterocycles. The van der Waals surface area contributed by atoms with Crippen molar-refractivity contribution in [2.75, 3.05) is 13.1 Å². The Labute approximate surface area is 126 Å². The first-order valence-electron chi connectivity index (χ1n) is 7.10. The Morgan fingerprint density at radius 2 is 2.20 bits per heavy atom. The first kappa shape index (κ1) is 15.1. The van der Waals surface area contributed by atoms with Crippen LogP contribution in [0.4, 0.5) is 0 Å². The lowest BCUT2D eigenvalue weighted by molar-refractivity contribution is 0.885. The van der Waals surface area contributed by atoms with Gasteiger partial charge in [0.1, 0.15) is 5.84 Å². The van der Waals surface area contributed by atoms with Gasteiger partial charge < -0.3 is 11.1 Å². The summed E-state index contributed by atoms with van der Waals surface area (Å²) in [4.78, 5) is 4.45. The molecule has 0 radical (unpaired) electrons. The van der Waals surface area contributed by atoms with Crippen molar-refractivity contribution in [1.82, 2.24) is 5.32 Å². The molecule has 1 unspecified atom stereocenters. The Bertz CT molecular complexity index is 549. The van der Waals surface area contributed by atoms with E-state index in [1.165, 1.54) is 41.5 Å². The summed E-state index contributed by atoms with van der Waals surface area (Å²) >= 11 is 0. The van der Waals surface area contributed by atoms with Crippen LogP contribution in [0.15, 0.2) is 29.3 Å². The third-order valence-electron chi connectivity index (χ3n) is 4.09. The largest absolute Gasteiger partial charge is 0.370 e. The molecule has 4 heteroatoms. The fraction of sp³-hybridized carbons (Fsp3) is 0.438. The highest BCUT2D eigenvalue weighted by Crippen LogP contribution is 2.32. The molecule has 1 aliphatic carbocycles. The smallest absolute Gasteiger partial charge is 0.118 e. The maximum atomic E-state index is 6.36. The van der Waals surface area contributed by atoms with Crippen molar-refractivity contribution >= 4 is 23.8 Å². The second-order valence-electron chi connectivity index (χ2n) is 5.31. The third-order valence-corrected chi connectivity index (χ3v) is 4.09. The quantitative estimate of drug-likeness (QED) is 0.899. The van der Waals surface area contributed by atoms with Crippen LogP contribution in [0.5, 0.6) is 0 Å². The van der Waals surface area contributed by atoms with Crippen molar-refractivity contribution in [3.63, 3.8) is 0 Å². The lowest BCUT2D eigenvalue weighted by Gasteiger charge is -2.18. The lowest BCUT2D eigenvalue weighted by atomic mass is 9.92. The van der Waals surface area contributed by atoms with Gasteiger partial charge in [-0.2, -0.15) is 0 Å². The van der Waals surface area contributed by atoms with E-state index in [1.807, 2.05) is 0 Å². The SMILES string of the molecule is Cc1c(C2=CCCC2)cccc1C(N)C1=NCCN1.Cl. The second-order valence-corrected chi connectivity index (χ2v) is 5.31. The monoisotopic (exact) mass is 291 g/mol. The van der Waals surface area contributed by atoms with Gasteiger partial charge in [-0.15, -0.1) is 12.4 Å². The minimum absolute atomic E-state index is 0. The van der Waals surface area contributed by atoms with Crippen LogP contribution in [0.3, 0.4) is 0 Å². The zero-order valence-corrected chi connectivity index (χ0v) is 12.7. The Morgan fingerprint density at radius 1 is 1.35 bits per heavy atom. The summed E-state index contributed by atoms with van der Waals surface area (Å²) < 4.78 is 0. The van der Waals surface area contributed by atoms with Gasteiger partial charge in [0.05, 0.1) is 12.6 Å². The molecule has 2 aliphatic rings. The van der Waals surface area contributed by atoms with E-state index in [-0.39, 0.29) is 18.4 Å². The summed E-state index contributed by atoms with van der Waals surface area (Å²) in [6.07, 6.45) is 6.04. The van der Waals surface area contributed by atoms with Crippen LogP contribution >= 0.6 is 12.4 Å². The van der Waals surface area contributed by atoms with Crippen molar-refractivity contribution in [3.8, 4) is 0 Å². The van der Waals surface area contributed by atoms with Gasteiger partial charge in [-0.05, 0) is 48.4 Å². The van der Waals surface area contributed by atoms with Crippen molar-refractivity contribution in [2.45, 2.75) is 32.2 Å². The van der Waals surface area contributed by atoms with Crippen LogP contribution in [-0.4, -0.2) is 18.9 Å². The fourth-order valence-electron chi connectivity index (χ4n) is 3.03. The summed E-state index contributed by atoms with van der Waals surface area (Å²) in [5.74, 6) is 0.931. The Balaban J connectivity index is 0.00000147. The number of amidine groups is 1. The molecule has 0 bridgehead atoms. The Kier molecular flexibility index (Phi) is 4.84. The second kappa shape index (κ2) is 6.42. The molecule has 0 amide bonds. The van der Waals surface area contributed by atoms with Gasteiger partial charge in [0.15, 0.2) is 0 Å². The molecule has 1 aromatic carbocycles. The Hall–Kier alpha value is -1.32. The molecule has 0 saturated carbocycles. The molecule has 0 spiro atoms. The van der Waals surface area contributed by atoms with Gasteiger partial charge in [-0.1, -0.05) is 24.3 Å². The number of hydrogen-bond donors (Lipinski definition) is 2. The number of halogens is 1. The number of aliphatic imine (C=N–C) groups is 1. The van der Waals surface area contributed by atoms with Crippen LogP contribution in [0.2, 0.25) is 0 Å². The fourth-order valence-corrected chi connectivity index (χ4v) is 3.03. The number of nitrogens with zero attached hydrogens (tertiary/aromatic N) is 1.